The van der Waals surface area contributed by atoms with E-state index >= 15 is 0 Å². The molecular formula is C19H20N4O2S. The van der Waals surface area contributed by atoms with E-state index in [0.29, 0.717) is 25.1 Å². The molecule has 134 valence electrons. The number of nitrogens with zero attached hydrogens (tertiary/aromatic N) is 4. The van der Waals surface area contributed by atoms with Crippen molar-refractivity contribution in [2.45, 2.75) is 38.3 Å². The number of piperazine rings is 1. The van der Waals surface area contributed by atoms with Crippen molar-refractivity contribution in [1.29, 1.82) is 0 Å². The van der Waals surface area contributed by atoms with Gasteiger partial charge in [-0.05, 0) is 31.0 Å². The first-order chi connectivity index (χ1) is 12.6. The van der Waals surface area contributed by atoms with Crippen molar-refractivity contribution in [3.8, 4) is 12.3 Å². The van der Waals surface area contributed by atoms with Crippen LogP contribution in [0.15, 0.2) is 18.2 Å². The minimum absolute atomic E-state index is 0.0124. The number of fused-ring (bicyclic) bond motifs is 4. The Morgan fingerprint density at radius 3 is 2.62 bits per heavy atom. The number of hydrogen-bond acceptors (Lipinski definition) is 5. The Morgan fingerprint density at radius 2 is 1.92 bits per heavy atom. The van der Waals surface area contributed by atoms with Crippen LogP contribution in [0.4, 0.5) is 0 Å². The number of terminal acetylenes is 1. The third-order valence-electron chi connectivity index (χ3n) is 5.42. The van der Waals surface area contributed by atoms with Crippen molar-refractivity contribution in [3.63, 3.8) is 0 Å². The monoisotopic (exact) mass is 368 g/mol. The fourth-order valence-electron chi connectivity index (χ4n) is 3.98. The molecule has 1 aromatic carbocycles. The van der Waals surface area contributed by atoms with E-state index in [0.717, 1.165) is 35.6 Å². The second kappa shape index (κ2) is 6.69. The molecular weight excluding hydrogens is 348 g/mol. The molecule has 0 spiro atoms. The first kappa shape index (κ1) is 17.0. The largest absolute Gasteiger partial charge is 0.336 e. The average Bonchev–Trinajstić information content (AvgIpc) is 3.15. The Balaban J connectivity index is 1.51. The first-order valence-electron chi connectivity index (χ1n) is 8.85. The van der Waals surface area contributed by atoms with Gasteiger partial charge in [0.2, 0.25) is 5.91 Å². The molecule has 0 aliphatic carbocycles. The maximum Gasteiger partial charge on any atom is 0.254 e. The van der Waals surface area contributed by atoms with Crippen LogP contribution in [-0.2, 0) is 4.79 Å². The minimum atomic E-state index is -0.164. The highest BCUT2D eigenvalue weighted by Gasteiger charge is 2.43. The fraction of sp³-hybridized carbons (Fsp3) is 0.474. The Morgan fingerprint density at radius 1 is 1.23 bits per heavy atom. The molecule has 4 heterocycles. The number of hydrogen-bond donors (Lipinski definition) is 0. The van der Waals surface area contributed by atoms with Gasteiger partial charge in [-0.25, -0.2) is 0 Å². The highest BCUT2D eigenvalue weighted by molar-refractivity contribution is 7.00. The molecule has 3 aliphatic heterocycles. The van der Waals surface area contributed by atoms with E-state index in [9.17, 15) is 9.59 Å². The summed E-state index contributed by atoms with van der Waals surface area (Å²) in [5.41, 5.74) is 2.20. The van der Waals surface area contributed by atoms with Gasteiger partial charge < -0.3 is 9.80 Å². The number of rotatable bonds is 3. The Kier molecular flexibility index (Phi) is 4.37. The quantitative estimate of drug-likeness (QED) is 0.779. The van der Waals surface area contributed by atoms with Crippen LogP contribution in [0, 0.1) is 18.3 Å². The van der Waals surface area contributed by atoms with Gasteiger partial charge in [0, 0.05) is 43.1 Å². The SMILES string of the molecule is C#CC[C@H](C)C(=O)N1CC2CCC1CN2C(=O)c1ccc2nsnc2c1. The van der Waals surface area contributed by atoms with Gasteiger partial charge in [-0.2, -0.15) is 8.75 Å². The molecule has 3 fully saturated rings. The van der Waals surface area contributed by atoms with E-state index in [1.54, 1.807) is 6.07 Å². The van der Waals surface area contributed by atoms with Crippen molar-refractivity contribution in [3.05, 3.63) is 23.8 Å². The number of amides is 2. The van der Waals surface area contributed by atoms with Gasteiger partial charge in [-0.15, -0.1) is 12.3 Å². The number of benzene rings is 1. The van der Waals surface area contributed by atoms with Crippen LogP contribution in [-0.4, -0.2) is 55.5 Å². The third kappa shape index (κ3) is 2.84. The second-order valence-electron chi connectivity index (χ2n) is 7.11. The van der Waals surface area contributed by atoms with Crippen molar-refractivity contribution in [1.82, 2.24) is 18.5 Å². The molecule has 2 amide bonds. The highest BCUT2D eigenvalue weighted by atomic mass is 32.1. The second-order valence-corrected chi connectivity index (χ2v) is 7.64. The van der Waals surface area contributed by atoms with E-state index in [1.807, 2.05) is 28.9 Å². The van der Waals surface area contributed by atoms with Crippen molar-refractivity contribution < 1.29 is 9.59 Å². The molecule has 2 bridgehead atoms. The van der Waals surface area contributed by atoms with Gasteiger partial charge in [0.15, 0.2) is 0 Å². The summed E-state index contributed by atoms with van der Waals surface area (Å²) in [7, 11) is 0. The molecule has 2 unspecified atom stereocenters. The van der Waals surface area contributed by atoms with Crippen LogP contribution in [0.1, 0.15) is 36.5 Å². The summed E-state index contributed by atoms with van der Waals surface area (Å²) < 4.78 is 8.40. The Bertz CT molecular complexity index is 902. The average molecular weight is 368 g/mol. The summed E-state index contributed by atoms with van der Waals surface area (Å²) >= 11 is 1.15. The lowest BCUT2D eigenvalue weighted by molar-refractivity contribution is -0.144. The van der Waals surface area contributed by atoms with E-state index in [-0.39, 0.29) is 29.8 Å². The number of piperidine rings is 2. The molecule has 5 rings (SSSR count). The zero-order chi connectivity index (χ0) is 18.3. The van der Waals surface area contributed by atoms with Crippen LogP contribution in [0.3, 0.4) is 0 Å². The molecule has 0 saturated carbocycles. The first-order valence-corrected chi connectivity index (χ1v) is 9.58. The summed E-state index contributed by atoms with van der Waals surface area (Å²) in [6.45, 7) is 3.07. The molecule has 26 heavy (non-hydrogen) atoms. The number of aromatic nitrogens is 2. The fourth-order valence-corrected chi connectivity index (χ4v) is 4.49. The zero-order valence-corrected chi connectivity index (χ0v) is 15.4. The normalized spacial score (nSPS) is 23.1. The van der Waals surface area contributed by atoms with Gasteiger partial charge in [-0.1, -0.05) is 6.92 Å². The topological polar surface area (TPSA) is 66.4 Å². The van der Waals surface area contributed by atoms with Crippen LogP contribution in [0.5, 0.6) is 0 Å². The Labute approximate surface area is 156 Å². The van der Waals surface area contributed by atoms with Crippen LogP contribution in [0.25, 0.3) is 11.0 Å². The molecule has 7 heteroatoms. The maximum atomic E-state index is 13.0. The summed E-state index contributed by atoms with van der Waals surface area (Å²) in [6.07, 6.45) is 7.68. The molecule has 6 nitrogen and oxygen atoms in total. The smallest absolute Gasteiger partial charge is 0.254 e. The van der Waals surface area contributed by atoms with E-state index in [4.69, 9.17) is 6.42 Å². The van der Waals surface area contributed by atoms with Crippen molar-refractivity contribution >= 4 is 34.6 Å². The van der Waals surface area contributed by atoms with Gasteiger partial charge in [0.05, 0.1) is 11.7 Å². The van der Waals surface area contributed by atoms with Gasteiger partial charge in [-0.3, -0.25) is 9.59 Å². The predicted molar refractivity (Wildman–Crippen MR) is 99.6 cm³/mol. The van der Waals surface area contributed by atoms with E-state index < -0.39 is 0 Å². The number of carbonyl (C=O) groups is 2. The molecule has 3 aliphatic rings. The van der Waals surface area contributed by atoms with E-state index in [1.165, 1.54) is 0 Å². The molecule has 0 N–H and O–H groups in total. The lowest BCUT2D eigenvalue weighted by Crippen LogP contribution is -2.65. The summed E-state index contributed by atoms with van der Waals surface area (Å²) in [5.74, 6) is 2.53. The van der Waals surface area contributed by atoms with Crippen molar-refractivity contribution in [2.24, 2.45) is 5.92 Å². The number of carbonyl (C=O) groups excluding carboxylic acids is 2. The molecule has 1 aromatic heterocycles. The van der Waals surface area contributed by atoms with Crippen LogP contribution < -0.4 is 0 Å². The van der Waals surface area contributed by atoms with E-state index in [2.05, 4.69) is 14.7 Å². The van der Waals surface area contributed by atoms with Gasteiger partial charge >= 0.3 is 0 Å². The zero-order valence-electron chi connectivity index (χ0n) is 14.6. The lowest BCUT2D eigenvalue weighted by atomic mass is 9.88. The summed E-state index contributed by atoms with van der Waals surface area (Å²) in [6, 6.07) is 5.61. The maximum absolute atomic E-state index is 13.0. The summed E-state index contributed by atoms with van der Waals surface area (Å²) in [4.78, 5) is 29.5. The van der Waals surface area contributed by atoms with Crippen LogP contribution >= 0.6 is 11.7 Å². The highest BCUT2D eigenvalue weighted by Crippen LogP contribution is 2.31. The van der Waals surface area contributed by atoms with Gasteiger partial charge in [0.25, 0.3) is 5.91 Å². The molecule has 0 radical (unpaired) electrons. The molecule has 2 aromatic rings. The summed E-state index contributed by atoms with van der Waals surface area (Å²) in [5, 5.41) is 0. The van der Waals surface area contributed by atoms with Crippen molar-refractivity contribution in [2.75, 3.05) is 13.1 Å². The predicted octanol–water partition coefficient (Wildman–Crippen LogP) is 2.17. The standard InChI is InChI=1S/C19H20N4O2S/c1-3-4-12(2)18(24)22-10-15-7-6-14(22)11-23(15)19(25)13-5-8-16-17(9-13)21-26-20-16/h1,5,8-9,12,14-15H,4,6-7,10-11H2,2H3/t12-,14?,15?/m0/s1. The van der Waals surface area contributed by atoms with Crippen LogP contribution in [0.2, 0.25) is 0 Å². The van der Waals surface area contributed by atoms with Gasteiger partial charge in [0.1, 0.15) is 11.0 Å². The lowest BCUT2D eigenvalue weighted by Gasteiger charge is -2.52. The third-order valence-corrected chi connectivity index (χ3v) is 5.98. The molecule has 3 saturated heterocycles. The minimum Gasteiger partial charge on any atom is -0.336 e. The Hall–Kier alpha value is -2.46. The molecule has 3 atom stereocenters.